The van der Waals surface area contributed by atoms with E-state index >= 15 is 0 Å². The second kappa shape index (κ2) is 2.97. The molecule has 0 saturated carbocycles. The van der Waals surface area contributed by atoms with E-state index in [9.17, 15) is 0 Å². The summed E-state index contributed by atoms with van der Waals surface area (Å²) in [7, 11) is 0. The third-order valence-electron chi connectivity index (χ3n) is 1.84. The van der Waals surface area contributed by atoms with Gasteiger partial charge in [-0.25, -0.2) is 4.68 Å². The maximum absolute atomic E-state index is 5.75. The molecule has 2 N–H and O–H groups in total. The molecule has 13 heavy (non-hydrogen) atoms. The number of hydrogen-bond acceptors (Lipinski definition) is 3. The summed E-state index contributed by atoms with van der Waals surface area (Å²) in [5.41, 5.74) is 1.74. The predicted octanol–water partition coefficient (Wildman–Crippen LogP) is 1.15. The van der Waals surface area contributed by atoms with Crippen LogP contribution in [0.2, 0.25) is 0 Å². The SMILES string of the molecule is CCOc1nc2ccccc2n1N. The number of rotatable bonds is 2. The molecule has 2 rings (SSSR count). The predicted molar refractivity (Wildman–Crippen MR) is 51.1 cm³/mol. The highest BCUT2D eigenvalue weighted by Gasteiger charge is 2.06. The van der Waals surface area contributed by atoms with Crippen molar-refractivity contribution in [3.05, 3.63) is 24.3 Å². The summed E-state index contributed by atoms with van der Waals surface area (Å²) in [5.74, 6) is 5.75. The number of fused-ring (bicyclic) bond motifs is 1. The Bertz CT molecular complexity index is 422. The molecule has 0 amide bonds. The standard InChI is InChI=1S/C9H11N3O/c1-2-13-9-11-7-5-3-4-6-8(7)12(9)10/h3-6H,2,10H2,1H3. The molecule has 0 atom stereocenters. The summed E-state index contributed by atoms with van der Waals surface area (Å²) in [6.45, 7) is 2.47. The third-order valence-corrected chi connectivity index (χ3v) is 1.84. The van der Waals surface area contributed by atoms with Crippen LogP contribution in [0.15, 0.2) is 24.3 Å². The molecule has 0 aliphatic rings. The van der Waals surface area contributed by atoms with Crippen LogP contribution in [0.1, 0.15) is 6.92 Å². The summed E-state index contributed by atoms with van der Waals surface area (Å²) >= 11 is 0. The molecule has 0 aliphatic heterocycles. The van der Waals surface area contributed by atoms with Gasteiger partial charge in [0.2, 0.25) is 0 Å². The first-order valence-corrected chi connectivity index (χ1v) is 4.18. The minimum absolute atomic E-state index is 0.462. The molecular weight excluding hydrogens is 166 g/mol. The lowest BCUT2D eigenvalue weighted by Crippen LogP contribution is -2.10. The van der Waals surface area contributed by atoms with Crippen molar-refractivity contribution < 1.29 is 4.74 Å². The Morgan fingerprint density at radius 3 is 2.92 bits per heavy atom. The number of nitrogens with zero attached hydrogens (tertiary/aromatic N) is 2. The van der Waals surface area contributed by atoms with Gasteiger partial charge in [-0.1, -0.05) is 12.1 Å². The molecule has 0 aliphatic carbocycles. The molecule has 0 spiro atoms. The lowest BCUT2D eigenvalue weighted by molar-refractivity contribution is 0.307. The van der Waals surface area contributed by atoms with Gasteiger partial charge in [0.25, 0.3) is 0 Å². The summed E-state index contributed by atoms with van der Waals surface area (Å²) in [5, 5.41) is 0. The fourth-order valence-electron chi connectivity index (χ4n) is 1.25. The summed E-state index contributed by atoms with van der Waals surface area (Å²) < 4.78 is 6.71. The fraction of sp³-hybridized carbons (Fsp3) is 0.222. The van der Waals surface area contributed by atoms with E-state index in [0.717, 1.165) is 11.0 Å². The van der Waals surface area contributed by atoms with Crippen molar-refractivity contribution in [3.63, 3.8) is 0 Å². The van der Waals surface area contributed by atoms with Crippen LogP contribution < -0.4 is 10.6 Å². The van der Waals surface area contributed by atoms with Crippen LogP contribution in [0.5, 0.6) is 6.01 Å². The van der Waals surface area contributed by atoms with Crippen molar-refractivity contribution >= 4 is 11.0 Å². The zero-order chi connectivity index (χ0) is 9.26. The molecule has 4 heteroatoms. The Morgan fingerprint density at radius 2 is 2.23 bits per heavy atom. The Kier molecular flexibility index (Phi) is 1.81. The van der Waals surface area contributed by atoms with E-state index in [4.69, 9.17) is 10.6 Å². The smallest absolute Gasteiger partial charge is 0.316 e. The quantitative estimate of drug-likeness (QED) is 0.700. The van der Waals surface area contributed by atoms with E-state index in [1.807, 2.05) is 31.2 Å². The van der Waals surface area contributed by atoms with E-state index in [1.54, 1.807) is 0 Å². The van der Waals surface area contributed by atoms with Gasteiger partial charge in [-0.05, 0) is 19.1 Å². The van der Waals surface area contributed by atoms with Crippen molar-refractivity contribution in [1.29, 1.82) is 0 Å². The first-order chi connectivity index (χ1) is 6.33. The van der Waals surface area contributed by atoms with Gasteiger partial charge in [0.05, 0.1) is 17.6 Å². The van der Waals surface area contributed by atoms with Crippen LogP contribution in [-0.4, -0.2) is 16.3 Å². The zero-order valence-corrected chi connectivity index (χ0v) is 7.40. The van der Waals surface area contributed by atoms with Crippen LogP contribution in [0.3, 0.4) is 0 Å². The first-order valence-electron chi connectivity index (χ1n) is 4.18. The van der Waals surface area contributed by atoms with E-state index < -0.39 is 0 Å². The van der Waals surface area contributed by atoms with Crippen LogP contribution in [-0.2, 0) is 0 Å². The average molecular weight is 177 g/mol. The van der Waals surface area contributed by atoms with Crippen molar-refractivity contribution in [2.24, 2.45) is 0 Å². The average Bonchev–Trinajstić information content (AvgIpc) is 2.46. The Morgan fingerprint density at radius 1 is 1.46 bits per heavy atom. The normalized spacial score (nSPS) is 10.5. The van der Waals surface area contributed by atoms with Gasteiger partial charge in [0.1, 0.15) is 0 Å². The van der Waals surface area contributed by atoms with Crippen molar-refractivity contribution in [2.75, 3.05) is 12.4 Å². The molecule has 2 aromatic rings. The molecule has 0 radical (unpaired) electrons. The second-order valence-electron chi connectivity index (χ2n) is 2.69. The van der Waals surface area contributed by atoms with Gasteiger partial charge in [0.15, 0.2) is 0 Å². The highest BCUT2D eigenvalue weighted by Crippen LogP contribution is 2.17. The summed E-state index contributed by atoms with van der Waals surface area (Å²) in [4.78, 5) is 4.22. The molecule has 1 heterocycles. The molecule has 4 nitrogen and oxygen atoms in total. The number of aromatic nitrogens is 2. The number of para-hydroxylation sites is 2. The maximum Gasteiger partial charge on any atom is 0.316 e. The van der Waals surface area contributed by atoms with E-state index in [-0.39, 0.29) is 0 Å². The zero-order valence-electron chi connectivity index (χ0n) is 7.40. The monoisotopic (exact) mass is 177 g/mol. The number of hydrogen-bond donors (Lipinski definition) is 1. The van der Waals surface area contributed by atoms with Gasteiger partial charge >= 0.3 is 6.01 Å². The van der Waals surface area contributed by atoms with E-state index in [1.165, 1.54) is 4.68 Å². The number of benzene rings is 1. The number of ether oxygens (including phenoxy) is 1. The van der Waals surface area contributed by atoms with Crippen LogP contribution in [0.25, 0.3) is 11.0 Å². The van der Waals surface area contributed by atoms with Crippen molar-refractivity contribution in [2.45, 2.75) is 6.92 Å². The molecule has 1 aromatic carbocycles. The van der Waals surface area contributed by atoms with E-state index in [2.05, 4.69) is 4.98 Å². The minimum atomic E-state index is 0.462. The summed E-state index contributed by atoms with van der Waals surface area (Å²) in [6.07, 6.45) is 0. The van der Waals surface area contributed by atoms with Crippen LogP contribution >= 0.6 is 0 Å². The third kappa shape index (κ3) is 1.20. The Balaban J connectivity index is 2.60. The van der Waals surface area contributed by atoms with Crippen molar-refractivity contribution in [1.82, 2.24) is 9.66 Å². The van der Waals surface area contributed by atoms with Gasteiger partial charge in [0, 0.05) is 0 Å². The summed E-state index contributed by atoms with van der Waals surface area (Å²) in [6, 6.07) is 8.11. The molecule has 0 fully saturated rings. The molecule has 0 unspecified atom stereocenters. The Labute approximate surface area is 75.9 Å². The Hall–Kier alpha value is -1.71. The number of nitrogens with two attached hydrogens (primary N) is 1. The molecule has 1 aromatic heterocycles. The maximum atomic E-state index is 5.75. The number of imidazole rings is 1. The fourth-order valence-corrected chi connectivity index (χ4v) is 1.25. The van der Waals surface area contributed by atoms with E-state index in [0.29, 0.717) is 12.6 Å². The minimum Gasteiger partial charge on any atom is -0.464 e. The lowest BCUT2D eigenvalue weighted by atomic mass is 10.3. The van der Waals surface area contributed by atoms with Gasteiger partial charge in [-0.2, -0.15) is 4.98 Å². The topological polar surface area (TPSA) is 53.1 Å². The molecule has 0 bridgehead atoms. The highest BCUT2D eigenvalue weighted by molar-refractivity contribution is 5.76. The van der Waals surface area contributed by atoms with Crippen LogP contribution in [0, 0.1) is 0 Å². The highest BCUT2D eigenvalue weighted by atomic mass is 16.5. The van der Waals surface area contributed by atoms with Gasteiger partial charge in [-0.15, -0.1) is 0 Å². The van der Waals surface area contributed by atoms with Gasteiger partial charge in [-0.3, -0.25) is 0 Å². The lowest BCUT2D eigenvalue weighted by Gasteiger charge is -2.00. The van der Waals surface area contributed by atoms with Crippen molar-refractivity contribution in [3.8, 4) is 6.01 Å². The molecular formula is C9H11N3O. The van der Waals surface area contributed by atoms with Gasteiger partial charge < -0.3 is 10.6 Å². The first kappa shape index (κ1) is 7.91. The number of nitrogen functional groups attached to an aromatic ring is 1. The van der Waals surface area contributed by atoms with Crippen LogP contribution in [0.4, 0.5) is 0 Å². The molecule has 68 valence electrons. The molecule has 0 saturated heterocycles. The second-order valence-corrected chi connectivity index (χ2v) is 2.69. The largest absolute Gasteiger partial charge is 0.464 e.